The molecule has 14 heteroatoms. The normalized spacial score (nSPS) is 11.5. The lowest BCUT2D eigenvalue weighted by molar-refractivity contribution is -0.0292. The zero-order valence-electron chi connectivity index (χ0n) is 31.0. The first-order chi connectivity index (χ1) is 25.4. The summed E-state index contributed by atoms with van der Waals surface area (Å²) >= 11 is 2.42. The van der Waals surface area contributed by atoms with Crippen LogP contribution in [0.2, 0.25) is 0 Å². The van der Waals surface area contributed by atoms with Crippen molar-refractivity contribution in [3.05, 3.63) is 35.9 Å². The Morgan fingerprint density at radius 1 is 0.275 bits per heavy atom. The predicted molar refractivity (Wildman–Crippen MR) is 203 cm³/mol. The molecule has 0 aliphatic rings. The monoisotopic (exact) mass is 846 g/mol. The maximum atomic E-state index is 5.57. The maximum Gasteiger partial charge on any atom is 0.0718 e. The molecule has 0 radical (unpaired) electrons. The third-order valence-electron chi connectivity index (χ3n) is 6.75. The lowest BCUT2D eigenvalue weighted by atomic mass is 10.2. The van der Waals surface area contributed by atoms with Gasteiger partial charge in [-0.15, -0.1) is 0 Å². The Bertz CT molecular complexity index is 769. The van der Waals surface area contributed by atoms with Gasteiger partial charge in [0.25, 0.3) is 0 Å². The number of halogens is 1. The van der Waals surface area contributed by atoms with E-state index in [1.165, 1.54) is 23.7 Å². The molecule has 0 unspecified atom stereocenters. The molecule has 0 saturated carbocycles. The van der Waals surface area contributed by atoms with Crippen molar-refractivity contribution in [1.82, 2.24) is 0 Å². The molecule has 0 saturated heterocycles. The lowest BCUT2D eigenvalue weighted by Crippen LogP contribution is -2.15. The van der Waals surface area contributed by atoms with Gasteiger partial charge in [0.15, 0.2) is 0 Å². The second-order valence-corrected chi connectivity index (χ2v) is 12.1. The fraction of sp³-hybridized carbons (Fsp3) is 0.838. The summed E-state index contributed by atoms with van der Waals surface area (Å²) in [6.45, 7) is 14.3. The van der Waals surface area contributed by atoms with Crippen molar-refractivity contribution in [2.75, 3.05) is 170 Å². The van der Waals surface area contributed by atoms with Gasteiger partial charge >= 0.3 is 0 Å². The van der Waals surface area contributed by atoms with E-state index in [1.54, 1.807) is 0 Å². The largest absolute Gasteiger partial charge is 0.379 e. The molecule has 0 bridgehead atoms. The van der Waals surface area contributed by atoms with E-state index in [0.717, 1.165) is 18.6 Å². The van der Waals surface area contributed by atoms with Crippen molar-refractivity contribution < 1.29 is 61.6 Å². The quantitative estimate of drug-likeness (QED) is 0.0526. The zero-order valence-corrected chi connectivity index (χ0v) is 33.1. The topological polar surface area (TPSA) is 120 Å². The number of rotatable bonds is 44. The van der Waals surface area contributed by atoms with E-state index in [-0.39, 0.29) is 0 Å². The van der Waals surface area contributed by atoms with Crippen LogP contribution in [-0.2, 0) is 68.2 Å². The maximum absolute atomic E-state index is 5.57. The molecule has 0 atom stereocenters. The van der Waals surface area contributed by atoms with Gasteiger partial charge in [-0.25, -0.2) is 0 Å². The second-order valence-electron chi connectivity index (χ2n) is 11.0. The summed E-state index contributed by atoms with van der Waals surface area (Å²) in [5.41, 5.74) is 1.16. The highest BCUT2D eigenvalue weighted by atomic mass is 127. The van der Waals surface area contributed by atoms with Gasteiger partial charge in [-0.1, -0.05) is 65.8 Å². The van der Waals surface area contributed by atoms with E-state index in [2.05, 4.69) is 22.6 Å². The molecule has 1 rings (SSSR count). The standard InChI is InChI=1S/C37H67IO13/c38-10-6-1-2-7-11-39-12-13-40-14-15-41-16-17-42-18-19-43-20-21-44-22-23-45-24-25-46-26-27-47-28-29-48-30-31-49-32-33-50-34-35-51-36-37-8-4-3-5-9-37/h3-5,8-9H,1-2,6-7,10-36H2. The Balaban J connectivity index is 1.60. The lowest BCUT2D eigenvalue weighted by Gasteiger charge is -2.09. The molecule has 51 heavy (non-hydrogen) atoms. The Hall–Kier alpha value is -0.570. The molecular formula is C37H67IO13. The molecule has 1 aromatic rings. The molecular weight excluding hydrogens is 779 g/mol. The predicted octanol–water partition coefficient (Wildman–Crippen LogP) is 4.40. The minimum atomic E-state index is 0.512. The summed E-state index contributed by atoms with van der Waals surface area (Å²) in [7, 11) is 0. The number of unbranched alkanes of at least 4 members (excludes halogenated alkanes) is 3. The van der Waals surface area contributed by atoms with Crippen molar-refractivity contribution in [3.8, 4) is 0 Å². The van der Waals surface area contributed by atoms with Gasteiger partial charge in [0.1, 0.15) is 0 Å². The summed E-state index contributed by atoms with van der Waals surface area (Å²) in [5, 5.41) is 0. The summed E-state index contributed by atoms with van der Waals surface area (Å²) in [4.78, 5) is 0. The molecule has 0 N–H and O–H groups in total. The number of hydrogen-bond donors (Lipinski definition) is 0. The van der Waals surface area contributed by atoms with Crippen LogP contribution in [0.3, 0.4) is 0 Å². The fourth-order valence-corrected chi connectivity index (χ4v) is 4.59. The summed E-state index contributed by atoms with van der Waals surface area (Å²) in [6, 6.07) is 10.1. The van der Waals surface area contributed by atoms with Crippen molar-refractivity contribution >= 4 is 22.6 Å². The highest BCUT2D eigenvalue weighted by Crippen LogP contribution is 2.02. The van der Waals surface area contributed by atoms with Crippen LogP contribution in [0, 0.1) is 0 Å². The third kappa shape index (κ3) is 40.5. The average Bonchev–Trinajstić information content (AvgIpc) is 3.15. The second kappa shape index (κ2) is 43.8. The van der Waals surface area contributed by atoms with Gasteiger partial charge < -0.3 is 61.6 Å². The Labute approximate surface area is 320 Å². The van der Waals surface area contributed by atoms with Crippen LogP contribution in [0.1, 0.15) is 31.2 Å². The molecule has 0 heterocycles. The summed E-state index contributed by atoms with van der Waals surface area (Å²) in [5.74, 6) is 0. The van der Waals surface area contributed by atoms with Crippen LogP contribution >= 0.6 is 22.6 Å². The minimum Gasteiger partial charge on any atom is -0.379 e. The molecule has 0 aromatic heterocycles. The van der Waals surface area contributed by atoms with Crippen molar-refractivity contribution in [3.63, 3.8) is 0 Å². The van der Waals surface area contributed by atoms with Gasteiger partial charge in [0.05, 0.1) is 165 Å². The molecule has 0 fully saturated rings. The van der Waals surface area contributed by atoms with E-state index in [1.807, 2.05) is 30.3 Å². The van der Waals surface area contributed by atoms with E-state index in [9.17, 15) is 0 Å². The smallest absolute Gasteiger partial charge is 0.0718 e. The van der Waals surface area contributed by atoms with E-state index < -0.39 is 0 Å². The summed E-state index contributed by atoms with van der Waals surface area (Å²) in [6.07, 6.45) is 4.98. The van der Waals surface area contributed by atoms with Crippen molar-refractivity contribution in [2.45, 2.75) is 32.3 Å². The third-order valence-corrected chi connectivity index (χ3v) is 7.51. The van der Waals surface area contributed by atoms with Crippen LogP contribution in [0.4, 0.5) is 0 Å². The molecule has 0 aliphatic heterocycles. The van der Waals surface area contributed by atoms with Crippen molar-refractivity contribution in [2.24, 2.45) is 0 Å². The van der Waals surface area contributed by atoms with Gasteiger partial charge in [-0.05, 0) is 22.8 Å². The number of hydrogen-bond acceptors (Lipinski definition) is 13. The first-order valence-corrected chi connectivity index (χ1v) is 20.1. The van der Waals surface area contributed by atoms with Gasteiger partial charge in [0.2, 0.25) is 0 Å². The molecule has 0 amide bonds. The molecule has 0 aliphatic carbocycles. The van der Waals surface area contributed by atoms with Crippen LogP contribution in [-0.4, -0.2) is 170 Å². The van der Waals surface area contributed by atoms with E-state index in [0.29, 0.717) is 165 Å². The van der Waals surface area contributed by atoms with Crippen LogP contribution in [0.15, 0.2) is 30.3 Å². The highest BCUT2D eigenvalue weighted by Gasteiger charge is 1.98. The Kier molecular flexibility index (Phi) is 41.6. The van der Waals surface area contributed by atoms with Crippen LogP contribution < -0.4 is 0 Å². The molecule has 0 spiro atoms. The summed E-state index contributed by atoms with van der Waals surface area (Å²) < 4.78 is 72.9. The average molecular weight is 847 g/mol. The Morgan fingerprint density at radius 3 is 0.824 bits per heavy atom. The van der Waals surface area contributed by atoms with Gasteiger partial charge in [-0.3, -0.25) is 0 Å². The van der Waals surface area contributed by atoms with Gasteiger partial charge in [-0.2, -0.15) is 0 Å². The zero-order chi connectivity index (χ0) is 36.2. The fourth-order valence-electron chi connectivity index (χ4n) is 4.06. The molecule has 1 aromatic carbocycles. The first kappa shape index (κ1) is 48.4. The number of ether oxygens (including phenoxy) is 13. The SMILES string of the molecule is ICCCCCCOCCOCCOCCOCCOCCOCCOCCOCCOCCOCCOCCOCCOCc1ccccc1. The first-order valence-electron chi connectivity index (χ1n) is 18.5. The molecule has 13 nitrogen and oxygen atoms in total. The van der Waals surface area contributed by atoms with Gasteiger partial charge in [0, 0.05) is 6.61 Å². The molecule has 300 valence electrons. The highest BCUT2D eigenvalue weighted by molar-refractivity contribution is 14.1. The number of alkyl halides is 1. The van der Waals surface area contributed by atoms with Crippen LogP contribution in [0.25, 0.3) is 0 Å². The minimum absolute atomic E-state index is 0.512. The number of benzene rings is 1. The van der Waals surface area contributed by atoms with Crippen molar-refractivity contribution in [1.29, 1.82) is 0 Å². The van der Waals surface area contributed by atoms with E-state index in [4.69, 9.17) is 61.6 Å². The van der Waals surface area contributed by atoms with Crippen LogP contribution in [0.5, 0.6) is 0 Å². The van der Waals surface area contributed by atoms with E-state index >= 15 is 0 Å². The Morgan fingerprint density at radius 2 is 0.529 bits per heavy atom.